The van der Waals surface area contributed by atoms with Gasteiger partial charge in [0.15, 0.2) is 0 Å². The molecule has 10 aliphatic heterocycles. The van der Waals surface area contributed by atoms with Crippen LogP contribution in [0, 0.1) is 0 Å². The van der Waals surface area contributed by atoms with Gasteiger partial charge in [-0.1, -0.05) is 0 Å². The molecule has 1 spiro atoms. The van der Waals surface area contributed by atoms with E-state index >= 15 is 0 Å². The molecule has 13 heteroatoms. The van der Waals surface area contributed by atoms with E-state index in [4.69, 9.17) is 4.86 Å². The van der Waals surface area contributed by atoms with Gasteiger partial charge in [-0.3, -0.25) is 0 Å². The summed E-state index contributed by atoms with van der Waals surface area (Å²) in [5, 5.41) is 4.87. The topological polar surface area (TPSA) is 17.0 Å². The van der Waals surface area contributed by atoms with Crippen LogP contribution in [0.3, 0.4) is 0 Å². The number of hydrogen-bond acceptors (Lipinski definition) is 1. The van der Waals surface area contributed by atoms with Crippen LogP contribution < -0.4 is 26.6 Å². The van der Waals surface area contributed by atoms with Crippen molar-refractivity contribution in [1.29, 1.82) is 0 Å². The Balaban J connectivity index is 1.17. The van der Waals surface area contributed by atoms with E-state index < -0.39 is 12.7 Å². The summed E-state index contributed by atoms with van der Waals surface area (Å²) in [6.45, 7) is 15.8. The van der Waals surface area contributed by atoms with Crippen molar-refractivity contribution in [3.8, 4) is 5.69 Å². The molecule has 5 aromatic rings. The number of benzene rings is 4. The summed E-state index contributed by atoms with van der Waals surface area (Å²) in [6.07, 6.45) is 0.950. The fourth-order valence-corrected chi connectivity index (χ4v) is 32.1. The van der Waals surface area contributed by atoms with Crippen LogP contribution in [0.4, 0.5) is 0 Å². The second-order valence-electron chi connectivity index (χ2n) is 16.9. The summed E-state index contributed by atoms with van der Waals surface area (Å²) < 4.78 is 2.74. The van der Waals surface area contributed by atoms with Gasteiger partial charge in [0.1, 0.15) is 0 Å². The zero-order chi connectivity index (χ0) is 28.0. The van der Waals surface area contributed by atoms with Gasteiger partial charge < -0.3 is 0 Å². The Morgan fingerprint density at radius 2 is 1.42 bits per heavy atom. The van der Waals surface area contributed by atoms with Crippen LogP contribution in [0.2, 0.25) is 0 Å². The fourth-order valence-electron chi connectivity index (χ4n) is 12.7. The predicted octanol–water partition coefficient (Wildman–Crippen LogP) is 2.25. The molecule has 2 nitrogen and oxygen atoms in total. The van der Waals surface area contributed by atoms with Gasteiger partial charge in [0, 0.05) is 0 Å². The van der Waals surface area contributed by atoms with Crippen LogP contribution in [0.1, 0.15) is 49.9 Å². The first-order valence-corrected chi connectivity index (χ1v) is 21.4. The molecule has 10 aliphatic rings. The monoisotopic (exact) mass is 573 g/mol. The van der Waals surface area contributed by atoms with E-state index in [1.165, 1.54) is 44.4 Å². The van der Waals surface area contributed by atoms with Gasteiger partial charge in [-0.25, -0.2) is 0 Å². The Hall–Kier alpha value is -1.92. The van der Waals surface area contributed by atoms with Crippen molar-refractivity contribution in [3.63, 3.8) is 0 Å². The third-order valence-corrected chi connectivity index (χ3v) is 29.6. The second-order valence-corrected chi connectivity index (χ2v) is 27.3. The van der Waals surface area contributed by atoms with Crippen LogP contribution in [0.15, 0.2) is 66.7 Å². The summed E-state index contributed by atoms with van der Waals surface area (Å²) in [5.41, 5.74) is 15.2. The van der Waals surface area contributed by atoms with Crippen molar-refractivity contribution in [2.24, 2.45) is 0 Å². The van der Waals surface area contributed by atoms with Gasteiger partial charge >= 0.3 is 257 Å². The number of rotatable bonds is 3. The Labute approximate surface area is 256 Å². The minimum atomic E-state index is -2.07. The van der Waals surface area contributed by atoms with E-state index in [1.54, 1.807) is 27.1 Å². The molecule has 11 heterocycles. The molecule has 1 aromatic heterocycles. The molecule has 7 fully saturated rings. The molecular weight excluding hydrogens is 548 g/mol. The zero-order valence-electron chi connectivity index (χ0n) is 24.9. The SMILES string of the molecule is CC1(C)c2cccc3c2B2c4c1cccc4C(C)(C)c1ccc4c5c(P67(NP89%10[B]B8B9[B-]%10)B8[B-]B6B87)cccc5n-3c4c12. The summed E-state index contributed by atoms with van der Waals surface area (Å²) in [5.74, 6) is 0. The number of aromatic nitrogens is 1. The van der Waals surface area contributed by atoms with Crippen LogP contribution in [-0.4, -0.2) is 63.2 Å². The molecule has 4 aromatic carbocycles. The van der Waals surface area contributed by atoms with Gasteiger partial charge in [0.2, 0.25) is 0 Å². The third-order valence-electron chi connectivity index (χ3n) is 15.2. The van der Waals surface area contributed by atoms with Crippen LogP contribution in [0.5, 0.6) is 0 Å². The van der Waals surface area contributed by atoms with Crippen molar-refractivity contribution < 1.29 is 0 Å². The standard InChI is InChI=1S/C30H24B9N2P2/c1-29(2)17-8-5-9-18-25(17)34-26-19(29)10-6-12-22(26)41-21-11-7-13-23(24(21)16-14-15-20(30(18,3)4)27(34)28(16)41)42(35-31-36(42)39(35)42)40-43-32-37(43)38(43)33-43/h5-15,40H,1-4H3/q-2. The molecule has 0 atom stereocenters. The van der Waals surface area contributed by atoms with E-state index in [2.05, 4.69) is 120 Å². The maximum atomic E-state index is 4.75. The quantitative estimate of drug-likeness (QED) is 0.255. The Morgan fingerprint density at radius 1 is 0.767 bits per heavy atom. The van der Waals surface area contributed by atoms with Crippen LogP contribution >= 0.6 is 12.7 Å². The summed E-state index contributed by atoms with van der Waals surface area (Å²) >= 11 is 0. The summed E-state index contributed by atoms with van der Waals surface area (Å²) in [6, 6.07) is 27.0. The van der Waals surface area contributed by atoms with E-state index in [0.717, 1.165) is 31.1 Å². The van der Waals surface area contributed by atoms with Crippen molar-refractivity contribution in [2.45, 2.75) is 38.5 Å². The molecule has 5 radical (unpaired) electrons. The van der Waals surface area contributed by atoms with E-state index in [-0.39, 0.29) is 10.8 Å². The van der Waals surface area contributed by atoms with Gasteiger partial charge in [0.05, 0.1) is 0 Å². The minimum absolute atomic E-state index is 0.0338. The predicted molar refractivity (Wildman–Crippen MR) is 199 cm³/mol. The molecule has 15 rings (SSSR count). The average Bonchev–Trinajstić information content (AvgIpc) is 3.94. The Morgan fingerprint density at radius 3 is 2.05 bits per heavy atom. The van der Waals surface area contributed by atoms with Crippen molar-refractivity contribution in [2.75, 3.05) is 0 Å². The molecule has 1 N–H and O–H groups in total. The molecular formula is C30H24B9N2P2-2. The molecule has 2 bridgehead atoms. The first-order valence-electron chi connectivity index (χ1n) is 16.5. The first kappa shape index (κ1) is 22.6. The van der Waals surface area contributed by atoms with E-state index in [1.807, 2.05) is 0 Å². The number of nitrogens with one attached hydrogen (secondary N) is 1. The summed E-state index contributed by atoms with van der Waals surface area (Å²) in [7, 11) is 2.73. The Kier molecular flexibility index (Phi) is 2.91. The average molecular weight is 572 g/mol. The summed E-state index contributed by atoms with van der Waals surface area (Å²) in [4.78, 5) is 4.75. The van der Waals surface area contributed by atoms with Crippen molar-refractivity contribution in [3.05, 3.63) is 89.0 Å². The molecule has 43 heavy (non-hydrogen) atoms. The number of hydrogen-bond donors (Lipinski definition) is 1. The Bertz CT molecular complexity index is 2390. The fraction of sp³-hybridized carbons (Fsp3) is 0.200. The number of fused-ring (bicyclic) bond motifs is 5. The zero-order valence-corrected chi connectivity index (χ0v) is 26.7. The van der Waals surface area contributed by atoms with Crippen molar-refractivity contribution in [1.82, 2.24) is 9.42 Å². The molecule has 0 saturated carbocycles. The van der Waals surface area contributed by atoms with Gasteiger partial charge in [0.25, 0.3) is 0 Å². The molecule has 0 unspecified atom stereocenters. The van der Waals surface area contributed by atoms with Gasteiger partial charge in [-0.15, -0.1) is 0 Å². The normalized spacial score (nSPS) is 28.7. The van der Waals surface area contributed by atoms with Gasteiger partial charge in [-0.2, -0.15) is 0 Å². The number of nitrogens with zero attached hydrogens (tertiary/aromatic N) is 1. The van der Waals surface area contributed by atoms with Crippen molar-refractivity contribution >= 4 is 115 Å². The third kappa shape index (κ3) is 1.73. The second kappa shape index (κ2) is 5.55. The molecule has 193 valence electrons. The molecule has 0 aliphatic carbocycles. The molecule has 0 amide bonds. The van der Waals surface area contributed by atoms with Crippen LogP contribution in [0.25, 0.3) is 27.5 Å². The van der Waals surface area contributed by atoms with Gasteiger partial charge in [-0.05, 0) is 0 Å². The first-order chi connectivity index (χ1) is 20.7. The maximum absolute atomic E-state index is 4.75. The van der Waals surface area contributed by atoms with E-state index in [9.17, 15) is 0 Å². The molecule has 7 saturated heterocycles. The van der Waals surface area contributed by atoms with Crippen LogP contribution in [-0.2, 0) is 10.8 Å². The van der Waals surface area contributed by atoms with E-state index in [0.29, 0.717) is 6.71 Å².